The van der Waals surface area contributed by atoms with E-state index in [-0.39, 0.29) is 0 Å². The van der Waals surface area contributed by atoms with Crippen molar-refractivity contribution in [2.75, 3.05) is 26.9 Å². The molecule has 28 heavy (non-hydrogen) atoms. The van der Waals surface area contributed by atoms with Crippen molar-refractivity contribution in [1.82, 2.24) is 9.29 Å². The quantitative estimate of drug-likeness (QED) is 0.695. The monoisotopic (exact) mass is 402 g/mol. The Hall–Kier alpha value is -1.96. The standard InChI is InChI=1S/C21H26N2O4S/c1-26-12-13-27-21-9-7-18-15-23(11-10-20(18)22-21)28(24,25)19-8-6-16-4-2-3-5-17(16)14-19/h6-9,14H,2-5,10-13,15H2,1H3. The normalized spacial score (nSPS) is 17.0. The first kappa shape index (κ1) is 19.4. The number of ether oxygens (including phenoxy) is 2. The minimum Gasteiger partial charge on any atom is -0.475 e. The third kappa shape index (κ3) is 3.92. The largest absolute Gasteiger partial charge is 0.475 e. The van der Waals surface area contributed by atoms with Crippen LogP contribution in [-0.4, -0.2) is 44.6 Å². The predicted molar refractivity (Wildman–Crippen MR) is 106 cm³/mol. The average molecular weight is 403 g/mol. The van der Waals surface area contributed by atoms with Crippen LogP contribution in [0.15, 0.2) is 35.2 Å². The van der Waals surface area contributed by atoms with Gasteiger partial charge in [0.1, 0.15) is 6.61 Å². The number of rotatable bonds is 6. The van der Waals surface area contributed by atoms with E-state index in [0.717, 1.165) is 30.5 Å². The van der Waals surface area contributed by atoms with Gasteiger partial charge < -0.3 is 9.47 Å². The van der Waals surface area contributed by atoms with Crippen molar-refractivity contribution in [3.63, 3.8) is 0 Å². The van der Waals surface area contributed by atoms with E-state index in [2.05, 4.69) is 4.98 Å². The van der Waals surface area contributed by atoms with Gasteiger partial charge in [0, 0.05) is 32.7 Å². The van der Waals surface area contributed by atoms with Crippen molar-refractivity contribution in [3.8, 4) is 5.88 Å². The lowest BCUT2D eigenvalue weighted by Crippen LogP contribution is -2.36. The van der Waals surface area contributed by atoms with Crippen LogP contribution in [0.3, 0.4) is 0 Å². The SMILES string of the molecule is COCCOc1ccc2c(n1)CCN(S(=O)(=O)c1ccc3c(c1)CCCC3)C2. The minimum atomic E-state index is -3.51. The summed E-state index contributed by atoms with van der Waals surface area (Å²) >= 11 is 0. The second kappa shape index (κ2) is 8.19. The van der Waals surface area contributed by atoms with Gasteiger partial charge in [-0.2, -0.15) is 4.31 Å². The van der Waals surface area contributed by atoms with Crippen LogP contribution >= 0.6 is 0 Å². The van der Waals surface area contributed by atoms with Crippen molar-refractivity contribution in [2.24, 2.45) is 0 Å². The fraction of sp³-hybridized carbons (Fsp3) is 0.476. The third-order valence-corrected chi connectivity index (χ3v) is 7.32. The van der Waals surface area contributed by atoms with E-state index in [1.165, 1.54) is 17.5 Å². The molecular weight excluding hydrogens is 376 g/mol. The summed E-state index contributed by atoms with van der Waals surface area (Å²) in [5, 5.41) is 0. The summed E-state index contributed by atoms with van der Waals surface area (Å²) in [5.74, 6) is 0.557. The number of pyridine rings is 1. The molecule has 0 fully saturated rings. The number of methoxy groups -OCH3 is 1. The average Bonchev–Trinajstić information content (AvgIpc) is 2.73. The van der Waals surface area contributed by atoms with Crippen LogP contribution < -0.4 is 4.74 Å². The highest BCUT2D eigenvalue weighted by atomic mass is 32.2. The maximum Gasteiger partial charge on any atom is 0.243 e. The van der Waals surface area contributed by atoms with E-state index >= 15 is 0 Å². The Morgan fingerprint density at radius 3 is 2.61 bits per heavy atom. The smallest absolute Gasteiger partial charge is 0.243 e. The van der Waals surface area contributed by atoms with Gasteiger partial charge in [0.05, 0.1) is 17.2 Å². The van der Waals surface area contributed by atoms with Gasteiger partial charge in [-0.05, 0) is 54.5 Å². The zero-order chi connectivity index (χ0) is 19.6. The van der Waals surface area contributed by atoms with Gasteiger partial charge in [0.2, 0.25) is 15.9 Å². The first-order valence-corrected chi connectivity index (χ1v) is 11.2. The van der Waals surface area contributed by atoms with Crippen LogP contribution in [-0.2, 0) is 40.6 Å². The molecule has 6 nitrogen and oxygen atoms in total. The van der Waals surface area contributed by atoms with Gasteiger partial charge in [0.25, 0.3) is 0 Å². The molecule has 150 valence electrons. The number of nitrogens with zero attached hydrogens (tertiary/aromatic N) is 2. The second-order valence-corrected chi connectivity index (χ2v) is 9.26. The van der Waals surface area contributed by atoms with Gasteiger partial charge in [-0.3, -0.25) is 0 Å². The maximum atomic E-state index is 13.2. The zero-order valence-electron chi connectivity index (χ0n) is 16.2. The van der Waals surface area contributed by atoms with Crippen molar-refractivity contribution < 1.29 is 17.9 Å². The molecule has 2 aliphatic rings. The van der Waals surface area contributed by atoms with Crippen LogP contribution in [0.2, 0.25) is 0 Å². The maximum absolute atomic E-state index is 13.2. The predicted octanol–water partition coefficient (Wildman–Crippen LogP) is 2.73. The Kier molecular flexibility index (Phi) is 5.66. The molecule has 0 bridgehead atoms. The number of benzene rings is 1. The van der Waals surface area contributed by atoms with Crippen LogP contribution in [0, 0.1) is 0 Å². The van der Waals surface area contributed by atoms with Crippen LogP contribution in [0.25, 0.3) is 0 Å². The molecule has 1 aromatic carbocycles. The molecule has 4 rings (SSSR count). The molecule has 0 N–H and O–H groups in total. The summed E-state index contributed by atoms with van der Waals surface area (Å²) in [6.45, 7) is 1.73. The lowest BCUT2D eigenvalue weighted by molar-refractivity contribution is 0.143. The lowest BCUT2D eigenvalue weighted by atomic mass is 9.92. The first-order chi connectivity index (χ1) is 13.6. The molecular formula is C21H26N2O4S. The van der Waals surface area contributed by atoms with Gasteiger partial charge in [0.15, 0.2) is 0 Å². The molecule has 7 heteroatoms. The fourth-order valence-corrected chi connectivity index (χ4v) is 5.37. The number of sulfonamides is 1. The molecule has 1 aliphatic carbocycles. The third-order valence-electron chi connectivity index (χ3n) is 5.48. The van der Waals surface area contributed by atoms with Crippen molar-refractivity contribution >= 4 is 10.0 Å². The van der Waals surface area contributed by atoms with Crippen molar-refractivity contribution in [2.45, 2.75) is 43.5 Å². The highest BCUT2D eigenvalue weighted by Crippen LogP contribution is 2.29. The van der Waals surface area contributed by atoms with E-state index in [1.807, 2.05) is 18.2 Å². The molecule has 0 atom stereocenters. The molecule has 2 heterocycles. The summed E-state index contributed by atoms with van der Waals surface area (Å²) in [7, 11) is -1.88. The number of hydrogen-bond acceptors (Lipinski definition) is 5. The Morgan fingerprint density at radius 1 is 1.00 bits per heavy atom. The van der Waals surface area contributed by atoms with E-state index in [4.69, 9.17) is 9.47 Å². The van der Waals surface area contributed by atoms with Crippen molar-refractivity contribution in [1.29, 1.82) is 0 Å². The lowest BCUT2D eigenvalue weighted by Gasteiger charge is -2.28. The summed E-state index contributed by atoms with van der Waals surface area (Å²) in [6.07, 6.45) is 4.92. The second-order valence-electron chi connectivity index (χ2n) is 7.32. The molecule has 0 unspecified atom stereocenters. The summed E-state index contributed by atoms with van der Waals surface area (Å²) in [6, 6.07) is 9.34. The van der Waals surface area contributed by atoms with Gasteiger partial charge in [-0.25, -0.2) is 13.4 Å². The Morgan fingerprint density at radius 2 is 1.79 bits per heavy atom. The number of hydrogen-bond donors (Lipinski definition) is 0. The molecule has 0 radical (unpaired) electrons. The fourth-order valence-electron chi connectivity index (χ4n) is 3.90. The zero-order valence-corrected chi connectivity index (χ0v) is 17.0. The number of fused-ring (bicyclic) bond motifs is 2. The number of aryl methyl sites for hydroxylation is 2. The van der Waals surface area contributed by atoms with E-state index in [9.17, 15) is 8.42 Å². The van der Waals surface area contributed by atoms with Gasteiger partial charge >= 0.3 is 0 Å². The molecule has 0 saturated carbocycles. The molecule has 2 aromatic rings. The van der Waals surface area contributed by atoms with Gasteiger partial charge in [-0.1, -0.05) is 12.1 Å². The van der Waals surface area contributed by atoms with E-state index in [1.54, 1.807) is 23.5 Å². The summed E-state index contributed by atoms with van der Waals surface area (Å²) < 4.78 is 38.5. The molecule has 1 aromatic heterocycles. The summed E-state index contributed by atoms with van der Waals surface area (Å²) in [5.41, 5.74) is 4.32. The van der Waals surface area contributed by atoms with Crippen LogP contribution in [0.1, 0.15) is 35.2 Å². The molecule has 0 saturated heterocycles. The minimum absolute atomic E-state index is 0.347. The van der Waals surface area contributed by atoms with Crippen LogP contribution in [0.4, 0.5) is 0 Å². The Labute approximate surface area is 166 Å². The topological polar surface area (TPSA) is 68.7 Å². The molecule has 0 spiro atoms. The summed E-state index contributed by atoms with van der Waals surface area (Å²) in [4.78, 5) is 4.94. The first-order valence-electron chi connectivity index (χ1n) is 9.80. The highest BCUT2D eigenvalue weighted by molar-refractivity contribution is 7.89. The van der Waals surface area contributed by atoms with E-state index in [0.29, 0.717) is 43.5 Å². The Balaban J connectivity index is 1.51. The van der Waals surface area contributed by atoms with Crippen molar-refractivity contribution in [3.05, 3.63) is 52.7 Å². The highest BCUT2D eigenvalue weighted by Gasteiger charge is 2.29. The van der Waals surface area contributed by atoms with Crippen LogP contribution in [0.5, 0.6) is 5.88 Å². The molecule has 1 aliphatic heterocycles. The Bertz CT molecular complexity index is 959. The number of aromatic nitrogens is 1. The van der Waals surface area contributed by atoms with E-state index < -0.39 is 10.0 Å². The molecule has 0 amide bonds. The van der Waals surface area contributed by atoms with Gasteiger partial charge in [-0.15, -0.1) is 0 Å².